The van der Waals surface area contributed by atoms with Crippen molar-refractivity contribution in [2.24, 2.45) is 0 Å². The molecule has 1 heterocycles. The van der Waals surface area contributed by atoms with Gasteiger partial charge in [0.25, 0.3) is 0 Å². The number of halogens is 3. The van der Waals surface area contributed by atoms with Gasteiger partial charge in [-0.15, -0.1) is 0 Å². The van der Waals surface area contributed by atoms with E-state index in [2.05, 4.69) is 4.98 Å². The minimum atomic E-state index is -4.52. The number of hydrogen-bond donors (Lipinski definition) is 1. The highest BCUT2D eigenvalue weighted by Crippen LogP contribution is 2.33. The number of nitrogens with one attached hydrogen (secondary N) is 1. The van der Waals surface area contributed by atoms with E-state index in [4.69, 9.17) is 4.78 Å². The summed E-state index contributed by atoms with van der Waals surface area (Å²) in [4.78, 5) is 3.05. The van der Waals surface area contributed by atoms with Crippen LogP contribution in [-0.4, -0.2) is 15.4 Å². The molecule has 1 aromatic rings. The zero-order valence-corrected chi connectivity index (χ0v) is 8.02. The fourth-order valence-electron chi connectivity index (χ4n) is 0.570. The molecule has 0 radical (unpaired) electrons. The van der Waals surface area contributed by atoms with Crippen LogP contribution in [0, 0.1) is 4.78 Å². The van der Waals surface area contributed by atoms with Crippen molar-refractivity contribution in [3.8, 4) is 0 Å². The number of aromatic nitrogens is 1. The van der Waals surface area contributed by atoms with Gasteiger partial charge in [-0.25, -0.2) is 14.0 Å². The first-order chi connectivity index (χ1) is 5.71. The lowest BCUT2D eigenvalue weighted by molar-refractivity contribution is -0.137. The molecule has 1 rings (SSSR count). The van der Waals surface area contributed by atoms with Gasteiger partial charge in [-0.1, -0.05) is 11.3 Å². The second-order valence-electron chi connectivity index (χ2n) is 2.33. The maximum atomic E-state index is 12.0. The third-order valence-electron chi connectivity index (χ3n) is 1.11. The van der Waals surface area contributed by atoms with E-state index in [-0.39, 0.29) is 15.5 Å². The van der Waals surface area contributed by atoms with Crippen molar-refractivity contribution in [1.82, 2.24) is 4.98 Å². The number of thiazole rings is 1. The summed E-state index contributed by atoms with van der Waals surface area (Å²) < 4.78 is 53.8. The molecule has 0 aromatic carbocycles. The average Bonchev–Trinajstić information content (AvgIpc) is 2.28. The lowest BCUT2D eigenvalue weighted by atomic mass is 10.7. The van der Waals surface area contributed by atoms with Crippen molar-refractivity contribution in [1.29, 1.82) is 4.78 Å². The van der Waals surface area contributed by atoms with E-state index in [9.17, 15) is 17.4 Å². The first-order valence-electron chi connectivity index (χ1n) is 2.98. The molecule has 0 saturated heterocycles. The maximum Gasteiger partial charge on any atom is 0.443 e. The van der Waals surface area contributed by atoms with Crippen LogP contribution in [0.3, 0.4) is 0 Å². The quantitative estimate of drug-likeness (QED) is 0.804. The second kappa shape index (κ2) is 2.95. The predicted molar refractivity (Wildman–Crippen MR) is 42.2 cm³/mol. The molecule has 0 amide bonds. The first-order valence-corrected chi connectivity index (χ1v) is 5.76. The Morgan fingerprint density at radius 3 is 2.38 bits per heavy atom. The fraction of sp³-hybridized carbons (Fsp3) is 0.400. The fourth-order valence-corrected chi connectivity index (χ4v) is 2.21. The minimum Gasteiger partial charge on any atom is -0.248 e. The number of rotatable bonds is 1. The summed E-state index contributed by atoms with van der Waals surface area (Å²) in [6, 6.07) is 0. The van der Waals surface area contributed by atoms with E-state index in [0.29, 0.717) is 0 Å². The topological polar surface area (TPSA) is 53.8 Å². The van der Waals surface area contributed by atoms with Crippen molar-refractivity contribution in [2.75, 3.05) is 6.26 Å². The summed E-state index contributed by atoms with van der Waals surface area (Å²) in [6.07, 6.45) is -2.63. The van der Waals surface area contributed by atoms with Crippen molar-refractivity contribution < 1.29 is 17.4 Å². The van der Waals surface area contributed by atoms with Crippen LogP contribution in [0.2, 0.25) is 0 Å². The second-order valence-corrected chi connectivity index (χ2v) is 5.74. The van der Waals surface area contributed by atoms with Crippen molar-refractivity contribution in [3.05, 3.63) is 11.2 Å². The smallest absolute Gasteiger partial charge is 0.248 e. The monoisotopic (exact) mass is 230 g/mol. The van der Waals surface area contributed by atoms with E-state index in [1.54, 1.807) is 0 Å². The van der Waals surface area contributed by atoms with Crippen molar-refractivity contribution in [2.45, 2.75) is 10.4 Å². The standard InChI is InChI=1S/C5H5F3N2OS2/c1-13(9,11)3-2-10-4(12-3)5(6,7)8/h2,9H,1H3. The Hall–Kier alpha value is -0.630. The van der Waals surface area contributed by atoms with Crippen LogP contribution < -0.4 is 0 Å². The van der Waals surface area contributed by atoms with E-state index in [0.717, 1.165) is 12.5 Å². The SMILES string of the molecule is CS(=N)(=O)c1cnc(C(F)(F)F)s1. The Morgan fingerprint density at radius 1 is 1.62 bits per heavy atom. The third-order valence-corrected chi connectivity index (χ3v) is 4.03. The lowest BCUT2D eigenvalue weighted by Gasteiger charge is -1.98. The molecule has 74 valence electrons. The van der Waals surface area contributed by atoms with Crippen LogP contribution in [0.15, 0.2) is 10.4 Å². The van der Waals surface area contributed by atoms with Crippen molar-refractivity contribution >= 4 is 21.1 Å². The molecule has 0 bridgehead atoms. The summed E-state index contributed by atoms with van der Waals surface area (Å²) in [7, 11) is -3.09. The number of nitrogens with zero attached hydrogens (tertiary/aromatic N) is 1. The highest BCUT2D eigenvalue weighted by molar-refractivity contribution is 7.93. The molecule has 1 unspecified atom stereocenters. The largest absolute Gasteiger partial charge is 0.443 e. The van der Waals surface area contributed by atoms with Gasteiger partial charge in [-0.05, 0) is 0 Å². The molecule has 1 aromatic heterocycles. The molecular weight excluding hydrogens is 225 g/mol. The first kappa shape index (κ1) is 10.5. The normalized spacial score (nSPS) is 16.9. The highest BCUT2D eigenvalue weighted by Gasteiger charge is 2.35. The van der Waals surface area contributed by atoms with Crippen LogP contribution >= 0.6 is 11.3 Å². The zero-order valence-electron chi connectivity index (χ0n) is 6.38. The van der Waals surface area contributed by atoms with Gasteiger partial charge in [0.15, 0.2) is 5.01 Å². The van der Waals surface area contributed by atoms with Crippen LogP contribution in [-0.2, 0) is 15.9 Å². The van der Waals surface area contributed by atoms with Gasteiger partial charge < -0.3 is 0 Å². The molecule has 0 aliphatic heterocycles. The molecular formula is C5H5F3N2OS2. The van der Waals surface area contributed by atoms with Crippen LogP contribution in [0.4, 0.5) is 13.2 Å². The summed E-state index contributed by atoms with van der Waals surface area (Å²) in [5.41, 5.74) is 0. The van der Waals surface area contributed by atoms with Crippen LogP contribution in [0.1, 0.15) is 5.01 Å². The molecule has 0 aliphatic carbocycles. The van der Waals surface area contributed by atoms with E-state index in [1.807, 2.05) is 0 Å². The lowest BCUT2D eigenvalue weighted by Crippen LogP contribution is -2.02. The van der Waals surface area contributed by atoms with Gasteiger partial charge in [0.2, 0.25) is 0 Å². The average molecular weight is 230 g/mol. The highest BCUT2D eigenvalue weighted by atomic mass is 32.2. The molecule has 1 atom stereocenters. The molecule has 0 fully saturated rings. The Labute approximate surface area is 76.6 Å². The molecule has 13 heavy (non-hydrogen) atoms. The Kier molecular flexibility index (Phi) is 2.37. The van der Waals surface area contributed by atoms with Gasteiger partial charge in [-0.2, -0.15) is 13.2 Å². The third kappa shape index (κ3) is 2.41. The summed E-state index contributed by atoms with van der Waals surface area (Å²) >= 11 is 0.248. The molecule has 0 aliphatic rings. The van der Waals surface area contributed by atoms with Crippen LogP contribution in [0.25, 0.3) is 0 Å². The van der Waals surface area contributed by atoms with Gasteiger partial charge in [-0.3, -0.25) is 0 Å². The predicted octanol–water partition coefficient (Wildman–Crippen LogP) is 2.20. The van der Waals surface area contributed by atoms with E-state index >= 15 is 0 Å². The summed E-state index contributed by atoms with van der Waals surface area (Å²) in [6.45, 7) is 0. The minimum absolute atomic E-state index is 0.153. The van der Waals surface area contributed by atoms with Gasteiger partial charge in [0.1, 0.15) is 4.21 Å². The molecule has 3 nitrogen and oxygen atoms in total. The molecule has 0 saturated carbocycles. The molecule has 1 N–H and O–H groups in total. The number of alkyl halides is 3. The zero-order chi connectivity index (χ0) is 10.3. The molecule has 8 heteroatoms. The Morgan fingerprint density at radius 2 is 2.15 bits per heavy atom. The van der Waals surface area contributed by atoms with Crippen molar-refractivity contribution in [3.63, 3.8) is 0 Å². The van der Waals surface area contributed by atoms with Gasteiger partial charge in [0, 0.05) is 6.26 Å². The Balaban J connectivity index is 3.16. The Bertz CT molecular complexity index is 406. The van der Waals surface area contributed by atoms with E-state index in [1.165, 1.54) is 0 Å². The number of hydrogen-bond acceptors (Lipinski definition) is 4. The van der Waals surface area contributed by atoms with Gasteiger partial charge >= 0.3 is 6.18 Å². The van der Waals surface area contributed by atoms with Gasteiger partial charge in [0.05, 0.1) is 15.9 Å². The molecule has 0 spiro atoms. The van der Waals surface area contributed by atoms with E-state index < -0.39 is 20.9 Å². The summed E-state index contributed by atoms with van der Waals surface area (Å²) in [5.74, 6) is 0. The van der Waals surface area contributed by atoms with Crippen LogP contribution in [0.5, 0.6) is 0 Å². The maximum absolute atomic E-state index is 12.0. The summed E-state index contributed by atoms with van der Waals surface area (Å²) in [5, 5.41) is -1.07.